The van der Waals surface area contributed by atoms with E-state index in [-0.39, 0.29) is 0 Å². The van der Waals surface area contributed by atoms with Crippen molar-refractivity contribution < 1.29 is 0 Å². The van der Waals surface area contributed by atoms with E-state index in [1.165, 1.54) is 47.3 Å². The summed E-state index contributed by atoms with van der Waals surface area (Å²) in [5, 5.41) is 0. The van der Waals surface area contributed by atoms with E-state index in [0.29, 0.717) is 11.8 Å². The lowest BCUT2D eigenvalue weighted by Crippen LogP contribution is -2.01. The Hall–Kier alpha value is -1.57. The van der Waals surface area contributed by atoms with Gasteiger partial charge in [-0.2, -0.15) is 0 Å². The van der Waals surface area contributed by atoms with Gasteiger partial charge in [0, 0.05) is 11.5 Å². The molecule has 0 saturated heterocycles. The van der Waals surface area contributed by atoms with E-state index in [9.17, 15) is 0 Å². The summed E-state index contributed by atoms with van der Waals surface area (Å²) in [7, 11) is 0. The van der Waals surface area contributed by atoms with Gasteiger partial charge in [0.25, 0.3) is 0 Å². The fourth-order valence-electron chi connectivity index (χ4n) is 3.14. The molecule has 0 amide bonds. The van der Waals surface area contributed by atoms with Gasteiger partial charge in [-0.3, -0.25) is 0 Å². The zero-order valence-electron chi connectivity index (χ0n) is 13.7. The molecule has 0 aliphatic heterocycles. The molecule has 1 aliphatic carbocycles. The van der Waals surface area contributed by atoms with E-state index in [0.717, 1.165) is 12.2 Å². The summed E-state index contributed by atoms with van der Waals surface area (Å²) in [5.74, 6) is 2.17. The molecule has 0 spiro atoms. The zero-order valence-corrected chi connectivity index (χ0v) is 13.7. The summed E-state index contributed by atoms with van der Waals surface area (Å²) in [6.45, 7) is 8.94. The normalized spacial score (nSPS) is 14.8. The van der Waals surface area contributed by atoms with Crippen molar-refractivity contribution in [1.82, 2.24) is 9.97 Å². The number of hydrogen-bond donors (Lipinski definition) is 1. The molecule has 21 heavy (non-hydrogen) atoms. The van der Waals surface area contributed by atoms with Gasteiger partial charge in [0.05, 0.1) is 11.4 Å². The summed E-state index contributed by atoms with van der Waals surface area (Å²) in [6.07, 6.45) is 4.79. The SMILES string of the molecule is CC(C)c1ccc2c(c1)CCCCc1nc(C(C)C)[nH]c1-2. The molecule has 1 aliphatic rings. The number of H-pyrrole nitrogens is 1. The Labute approximate surface area is 128 Å². The first-order valence-electron chi connectivity index (χ1n) is 8.28. The maximum Gasteiger partial charge on any atom is 0.109 e. The third-order valence-corrected chi connectivity index (χ3v) is 4.52. The third kappa shape index (κ3) is 2.76. The highest BCUT2D eigenvalue weighted by molar-refractivity contribution is 5.67. The van der Waals surface area contributed by atoms with Crippen molar-refractivity contribution in [1.29, 1.82) is 0 Å². The lowest BCUT2D eigenvalue weighted by molar-refractivity contribution is 0.714. The summed E-state index contributed by atoms with van der Waals surface area (Å²) >= 11 is 0. The van der Waals surface area contributed by atoms with Crippen molar-refractivity contribution in [3.8, 4) is 11.3 Å². The number of nitrogens with zero attached hydrogens (tertiary/aromatic N) is 1. The van der Waals surface area contributed by atoms with Crippen molar-refractivity contribution in [2.45, 2.75) is 65.2 Å². The van der Waals surface area contributed by atoms with Crippen molar-refractivity contribution in [2.75, 3.05) is 0 Å². The Morgan fingerprint density at radius 2 is 1.76 bits per heavy atom. The number of hydrogen-bond acceptors (Lipinski definition) is 1. The fraction of sp³-hybridized carbons (Fsp3) is 0.526. The van der Waals surface area contributed by atoms with E-state index in [1.807, 2.05) is 0 Å². The van der Waals surface area contributed by atoms with Crippen LogP contribution in [-0.2, 0) is 12.8 Å². The minimum Gasteiger partial charge on any atom is -0.342 e. The highest BCUT2D eigenvalue weighted by atomic mass is 14.9. The Kier molecular flexibility index (Phi) is 3.88. The second-order valence-corrected chi connectivity index (χ2v) is 6.88. The van der Waals surface area contributed by atoms with Crippen molar-refractivity contribution in [3.63, 3.8) is 0 Å². The topological polar surface area (TPSA) is 28.7 Å². The van der Waals surface area contributed by atoms with Gasteiger partial charge in [0.1, 0.15) is 5.82 Å². The maximum absolute atomic E-state index is 4.85. The second-order valence-electron chi connectivity index (χ2n) is 6.88. The smallest absolute Gasteiger partial charge is 0.109 e. The molecule has 1 aromatic heterocycles. The van der Waals surface area contributed by atoms with Crippen molar-refractivity contribution in [3.05, 3.63) is 40.8 Å². The first-order chi connectivity index (χ1) is 10.1. The molecule has 1 N–H and O–H groups in total. The van der Waals surface area contributed by atoms with Crippen LogP contribution in [0.5, 0.6) is 0 Å². The summed E-state index contributed by atoms with van der Waals surface area (Å²) in [4.78, 5) is 8.45. The Morgan fingerprint density at radius 1 is 1.00 bits per heavy atom. The third-order valence-electron chi connectivity index (χ3n) is 4.52. The predicted octanol–water partition coefficient (Wildman–Crippen LogP) is 5.20. The number of rotatable bonds is 2. The van der Waals surface area contributed by atoms with Gasteiger partial charge in [-0.25, -0.2) is 4.98 Å². The lowest BCUT2D eigenvalue weighted by Gasteiger charge is -2.16. The predicted molar refractivity (Wildman–Crippen MR) is 88.8 cm³/mol. The Morgan fingerprint density at radius 3 is 2.48 bits per heavy atom. The Bertz CT molecular complexity index is 635. The molecule has 1 aromatic carbocycles. The molecule has 0 saturated carbocycles. The van der Waals surface area contributed by atoms with Gasteiger partial charge in [0.15, 0.2) is 0 Å². The van der Waals surface area contributed by atoms with Gasteiger partial charge in [-0.15, -0.1) is 0 Å². The van der Waals surface area contributed by atoms with Gasteiger partial charge in [-0.05, 0) is 42.7 Å². The molecule has 0 radical (unpaired) electrons. The number of fused-ring (bicyclic) bond motifs is 3. The monoisotopic (exact) mass is 282 g/mol. The Balaban J connectivity index is 2.12. The molecule has 3 rings (SSSR count). The molecule has 1 heterocycles. The first kappa shape index (κ1) is 14.4. The van der Waals surface area contributed by atoms with Gasteiger partial charge >= 0.3 is 0 Å². The van der Waals surface area contributed by atoms with Crippen LogP contribution in [0.4, 0.5) is 0 Å². The molecular formula is C19H26N2. The molecule has 2 nitrogen and oxygen atoms in total. The van der Waals surface area contributed by atoms with Crippen LogP contribution in [0.2, 0.25) is 0 Å². The largest absolute Gasteiger partial charge is 0.342 e. The van der Waals surface area contributed by atoms with Crippen LogP contribution in [-0.4, -0.2) is 9.97 Å². The molecule has 0 bridgehead atoms. The van der Waals surface area contributed by atoms with Crippen LogP contribution >= 0.6 is 0 Å². The van der Waals surface area contributed by atoms with E-state index in [4.69, 9.17) is 4.98 Å². The number of aryl methyl sites for hydroxylation is 2. The maximum atomic E-state index is 4.85. The van der Waals surface area contributed by atoms with Crippen LogP contribution in [0.1, 0.15) is 75.0 Å². The van der Waals surface area contributed by atoms with E-state index in [2.05, 4.69) is 50.9 Å². The molecule has 0 unspecified atom stereocenters. The average Bonchev–Trinajstić information content (AvgIpc) is 2.84. The van der Waals surface area contributed by atoms with Crippen LogP contribution in [0.15, 0.2) is 18.2 Å². The fourth-order valence-corrected chi connectivity index (χ4v) is 3.14. The number of nitrogens with one attached hydrogen (secondary N) is 1. The molecular weight excluding hydrogens is 256 g/mol. The number of aromatic amines is 1. The lowest BCUT2D eigenvalue weighted by atomic mass is 9.90. The number of imidazole rings is 1. The quantitative estimate of drug-likeness (QED) is 0.805. The van der Waals surface area contributed by atoms with Gasteiger partial charge in [0.2, 0.25) is 0 Å². The van der Waals surface area contributed by atoms with E-state index < -0.39 is 0 Å². The molecule has 2 aromatic rings. The number of aromatic nitrogens is 2. The minimum absolute atomic E-state index is 0.455. The zero-order chi connectivity index (χ0) is 15.0. The van der Waals surface area contributed by atoms with Crippen LogP contribution in [0.3, 0.4) is 0 Å². The summed E-state index contributed by atoms with van der Waals surface area (Å²) < 4.78 is 0. The van der Waals surface area contributed by atoms with Gasteiger partial charge in [-0.1, -0.05) is 45.9 Å². The van der Waals surface area contributed by atoms with Crippen LogP contribution in [0, 0.1) is 0 Å². The minimum atomic E-state index is 0.455. The molecule has 0 fully saturated rings. The highest BCUT2D eigenvalue weighted by Gasteiger charge is 2.19. The average molecular weight is 282 g/mol. The molecule has 0 atom stereocenters. The van der Waals surface area contributed by atoms with Crippen LogP contribution in [0.25, 0.3) is 11.3 Å². The first-order valence-corrected chi connectivity index (χ1v) is 8.28. The van der Waals surface area contributed by atoms with Crippen molar-refractivity contribution >= 4 is 0 Å². The van der Waals surface area contributed by atoms with E-state index in [1.54, 1.807) is 0 Å². The second kappa shape index (κ2) is 5.67. The highest BCUT2D eigenvalue weighted by Crippen LogP contribution is 2.33. The molecule has 2 heteroatoms. The number of benzene rings is 1. The van der Waals surface area contributed by atoms with Crippen LogP contribution < -0.4 is 0 Å². The van der Waals surface area contributed by atoms with Crippen molar-refractivity contribution in [2.24, 2.45) is 0 Å². The molecule has 112 valence electrons. The summed E-state index contributed by atoms with van der Waals surface area (Å²) in [5.41, 5.74) is 6.83. The standard InChI is InChI=1S/C19H26N2/c1-12(2)14-9-10-16-15(11-14)7-5-6-8-17-18(16)21-19(20-17)13(3)4/h9-13H,5-8H2,1-4H3,(H,20,21). The summed E-state index contributed by atoms with van der Waals surface area (Å²) in [6, 6.07) is 6.99. The van der Waals surface area contributed by atoms with Gasteiger partial charge < -0.3 is 4.98 Å². The van der Waals surface area contributed by atoms with E-state index >= 15 is 0 Å².